The van der Waals surface area contributed by atoms with Gasteiger partial charge in [0, 0.05) is 6.04 Å². The molecule has 1 N–H and O–H groups in total. The molecule has 0 atom stereocenters. The Labute approximate surface area is 122 Å². The lowest BCUT2D eigenvalue weighted by Crippen LogP contribution is -2.49. The molecule has 20 heavy (non-hydrogen) atoms. The van der Waals surface area contributed by atoms with Gasteiger partial charge in [-0.05, 0) is 57.4 Å². The van der Waals surface area contributed by atoms with Gasteiger partial charge in [0.25, 0.3) is 0 Å². The minimum Gasteiger partial charge on any atom is -0.337 e. The topological polar surface area (TPSA) is 56.1 Å². The molecule has 2 aliphatic rings. The van der Waals surface area contributed by atoms with Crippen molar-refractivity contribution in [3.63, 3.8) is 0 Å². The fraction of sp³-hybridized carbons (Fsp3) is 0.875. The largest absolute Gasteiger partial charge is 0.337 e. The lowest BCUT2D eigenvalue weighted by molar-refractivity contribution is -0.123. The number of nitriles is 1. The van der Waals surface area contributed by atoms with Crippen molar-refractivity contribution in [3.8, 4) is 6.07 Å². The number of nitrogens with one attached hydrogen (secondary N) is 1. The average molecular weight is 277 g/mol. The van der Waals surface area contributed by atoms with Gasteiger partial charge >= 0.3 is 0 Å². The van der Waals surface area contributed by atoms with Gasteiger partial charge in [-0.25, -0.2) is 0 Å². The molecule has 0 aromatic rings. The molecule has 2 fully saturated rings. The summed E-state index contributed by atoms with van der Waals surface area (Å²) >= 11 is 0. The van der Waals surface area contributed by atoms with Gasteiger partial charge in [0.15, 0.2) is 0 Å². The summed E-state index contributed by atoms with van der Waals surface area (Å²) in [7, 11) is 0. The molecule has 4 nitrogen and oxygen atoms in total. The van der Waals surface area contributed by atoms with E-state index in [0.29, 0.717) is 18.5 Å². The predicted molar refractivity (Wildman–Crippen MR) is 79.0 cm³/mol. The number of amides is 1. The molecule has 0 aromatic carbocycles. The first-order chi connectivity index (χ1) is 9.54. The van der Waals surface area contributed by atoms with E-state index in [1.165, 1.54) is 12.8 Å². The summed E-state index contributed by atoms with van der Waals surface area (Å²) in [6.45, 7) is 5.89. The van der Waals surface area contributed by atoms with E-state index in [9.17, 15) is 10.1 Å². The summed E-state index contributed by atoms with van der Waals surface area (Å²) in [5.41, 5.74) is -0.579. The lowest BCUT2D eigenvalue weighted by Gasteiger charge is -2.26. The van der Waals surface area contributed by atoms with Crippen LogP contribution in [0.25, 0.3) is 0 Å². The van der Waals surface area contributed by atoms with Crippen molar-refractivity contribution >= 4 is 5.91 Å². The zero-order chi connectivity index (χ0) is 14.6. The SMILES string of the molecule is CC(C)CCN(CC(=O)NC1(C#N)CCCC1)C1CC1. The standard InChI is InChI=1S/C16H27N3O/c1-13(2)7-10-19(14-5-6-14)11-15(20)18-16(12-17)8-3-4-9-16/h13-14H,3-11H2,1-2H3,(H,18,20). The molecule has 4 heteroatoms. The van der Waals surface area contributed by atoms with Crippen molar-refractivity contribution < 1.29 is 4.79 Å². The highest BCUT2D eigenvalue weighted by Gasteiger charge is 2.37. The van der Waals surface area contributed by atoms with Crippen LogP contribution in [-0.4, -0.2) is 35.5 Å². The Morgan fingerprint density at radius 1 is 1.40 bits per heavy atom. The Kier molecular flexibility index (Phi) is 5.04. The maximum atomic E-state index is 12.2. The average Bonchev–Trinajstić information content (AvgIpc) is 3.15. The van der Waals surface area contributed by atoms with Crippen LogP contribution in [0.4, 0.5) is 0 Å². The minimum absolute atomic E-state index is 0.0316. The highest BCUT2D eigenvalue weighted by Crippen LogP contribution is 2.30. The Morgan fingerprint density at radius 3 is 2.55 bits per heavy atom. The third-order valence-electron chi connectivity index (χ3n) is 4.45. The normalized spacial score (nSPS) is 21.1. The molecule has 0 unspecified atom stereocenters. The van der Waals surface area contributed by atoms with Crippen LogP contribution >= 0.6 is 0 Å². The number of rotatable bonds is 7. The van der Waals surface area contributed by atoms with Crippen LogP contribution in [-0.2, 0) is 4.79 Å². The van der Waals surface area contributed by atoms with Gasteiger partial charge in [0.2, 0.25) is 5.91 Å². The molecule has 0 radical (unpaired) electrons. The molecule has 0 heterocycles. The van der Waals surface area contributed by atoms with Crippen molar-refractivity contribution in [1.82, 2.24) is 10.2 Å². The van der Waals surface area contributed by atoms with Crippen LogP contribution in [0.2, 0.25) is 0 Å². The summed E-state index contributed by atoms with van der Waals surface area (Å²) < 4.78 is 0. The summed E-state index contributed by atoms with van der Waals surface area (Å²) in [5, 5.41) is 12.3. The Morgan fingerprint density at radius 2 is 2.05 bits per heavy atom. The quantitative estimate of drug-likeness (QED) is 0.777. The molecule has 0 spiro atoms. The monoisotopic (exact) mass is 277 g/mol. The van der Waals surface area contributed by atoms with E-state index in [-0.39, 0.29) is 5.91 Å². The van der Waals surface area contributed by atoms with Crippen LogP contribution in [0.5, 0.6) is 0 Å². The van der Waals surface area contributed by atoms with E-state index < -0.39 is 5.54 Å². The highest BCUT2D eigenvalue weighted by molar-refractivity contribution is 5.79. The molecule has 112 valence electrons. The van der Waals surface area contributed by atoms with Crippen LogP contribution in [0.1, 0.15) is 58.8 Å². The van der Waals surface area contributed by atoms with Crippen molar-refractivity contribution in [2.75, 3.05) is 13.1 Å². The molecule has 2 saturated carbocycles. The number of hydrogen-bond acceptors (Lipinski definition) is 3. The Hall–Kier alpha value is -1.08. The third-order valence-corrected chi connectivity index (χ3v) is 4.45. The van der Waals surface area contributed by atoms with Crippen LogP contribution < -0.4 is 5.32 Å². The molecule has 0 bridgehead atoms. The van der Waals surface area contributed by atoms with Gasteiger partial charge in [-0.3, -0.25) is 9.69 Å². The molecule has 0 aromatic heterocycles. The lowest BCUT2D eigenvalue weighted by atomic mass is 10.00. The summed E-state index contributed by atoms with van der Waals surface area (Å²) in [4.78, 5) is 14.5. The van der Waals surface area contributed by atoms with Gasteiger partial charge in [-0.15, -0.1) is 0 Å². The second-order valence-electron chi connectivity index (χ2n) is 6.83. The molecule has 0 aliphatic heterocycles. The number of hydrogen-bond donors (Lipinski definition) is 1. The van der Waals surface area contributed by atoms with Gasteiger partial charge in [-0.2, -0.15) is 5.26 Å². The van der Waals surface area contributed by atoms with Gasteiger partial charge in [-0.1, -0.05) is 13.8 Å². The molecular weight excluding hydrogens is 250 g/mol. The maximum absolute atomic E-state index is 12.2. The minimum atomic E-state index is -0.579. The van der Waals surface area contributed by atoms with Crippen molar-refractivity contribution in [3.05, 3.63) is 0 Å². The van der Waals surface area contributed by atoms with Crippen molar-refractivity contribution in [1.29, 1.82) is 5.26 Å². The summed E-state index contributed by atoms with van der Waals surface area (Å²) in [5.74, 6) is 0.698. The highest BCUT2D eigenvalue weighted by atomic mass is 16.2. The fourth-order valence-electron chi connectivity index (χ4n) is 2.99. The number of carbonyl (C=O) groups excluding carboxylic acids is 1. The fourth-order valence-corrected chi connectivity index (χ4v) is 2.99. The van der Waals surface area contributed by atoms with E-state index in [2.05, 4.69) is 30.1 Å². The van der Waals surface area contributed by atoms with Crippen LogP contribution in [0.3, 0.4) is 0 Å². The van der Waals surface area contributed by atoms with E-state index >= 15 is 0 Å². The van der Waals surface area contributed by atoms with Crippen molar-refractivity contribution in [2.24, 2.45) is 5.92 Å². The van der Waals surface area contributed by atoms with E-state index in [1.807, 2.05) is 0 Å². The van der Waals surface area contributed by atoms with E-state index in [0.717, 1.165) is 38.6 Å². The zero-order valence-corrected chi connectivity index (χ0v) is 12.8. The first-order valence-electron chi connectivity index (χ1n) is 8.01. The molecule has 0 saturated heterocycles. The first-order valence-corrected chi connectivity index (χ1v) is 8.01. The summed E-state index contributed by atoms with van der Waals surface area (Å²) in [6.07, 6.45) is 7.28. The van der Waals surface area contributed by atoms with E-state index in [4.69, 9.17) is 0 Å². The van der Waals surface area contributed by atoms with Gasteiger partial charge < -0.3 is 5.32 Å². The second kappa shape index (κ2) is 6.58. The number of nitrogens with zero attached hydrogens (tertiary/aromatic N) is 2. The van der Waals surface area contributed by atoms with Crippen LogP contribution in [0, 0.1) is 17.2 Å². The number of carbonyl (C=O) groups is 1. The molecule has 1 amide bonds. The second-order valence-corrected chi connectivity index (χ2v) is 6.83. The van der Waals surface area contributed by atoms with Crippen molar-refractivity contribution in [2.45, 2.75) is 70.4 Å². The van der Waals surface area contributed by atoms with Crippen LogP contribution in [0.15, 0.2) is 0 Å². The smallest absolute Gasteiger partial charge is 0.235 e. The molecule has 2 rings (SSSR count). The van der Waals surface area contributed by atoms with E-state index in [1.54, 1.807) is 0 Å². The summed E-state index contributed by atoms with van der Waals surface area (Å²) in [6, 6.07) is 2.92. The molecular formula is C16H27N3O. The zero-order valence-electron chi connectivity index (χ0n) is 12.8. The van der Waals surface area contributed by atoms with Gasteiger partial charge in [0.1, 0.15) is 5.54 Å². The predicted octanol–water partition coefficient (Wildman–Crippen LogP) is 2.45. The Bertz CT molecular complexity index is 376. The molecule has 2 aliphatic carbocycles. The maximum Gasteiger partial charge on any atom is 0.235 e. The van der Waals surface area contributed by atoms with Gasteiger partial charge in [0.05, 0.1) is 12.6 Å². The Balaban J connectivity index is 1.83. The third kappa shape index (κ3) is 4.21. The first kappa shape index (κ1) is 15.3.